The fourth-order valence-electron chi connectivity index (χ4n) is 2.93. The summed E-state index contributed by atoms with van der Waals surface area (Å²) in [5, 5.41) is 4.63. The molecular formula is C21H19Cl2N3O5. The molecule has 8 nitrogen and oxygen atoms in total. The summed E-state index contributed by atoms with van der Waals surface area (Å²) >= 11 is 11.7. The van der Waals surface area contributed by atoms with E-state index in [1.54, 1.807) is 37.3 Å². The lowest BCUT2D eigenvalue weighted by Crippen LogP contribution is -2.43. The Hall–Kier alpha value is -3.10. The van der Waals surface area contributed by atoms with Crippen LogP contribution in [0.4, 0.5) is 5.69 Å². The summed E-state index contributed by atoms with van der Waals surface area (Å²) in [5.74, 6) is -2.96. The van der Waals surface area contributed by atoms with Crippen molar-refractivity contribution in [3.8, 4) is 0 Å². The van der Waals surface area contributed by atoms with Crippen molar-refractivity contribution in [2.45, 2.75) is 13.3 Å². The highest BCUT2D eigenvalue weighted by atomic mass is 35.5. The van der Waals surface area contributed by atoms with Gasteiger partial charge in [-0.2, -0.15) is 0 Å². The van der Waals surface area contributed by atoms with Gasteiger partial charge in [-0.1, -0.05) is 29.3 Å². The third-order valence-electron chi connectivity index (χ3n) is 4.62. The minimum atomic E-state index is -0.793. The predicted octanol–water partition coefficient (Wildman–Crippen LogP) is 2.98. The van der Waals surface area contributed by atoms with Crippen LogP contribution in [-0.2, 0) is 19.1 Å². The summed E-state index contributed by atoms with van der Waals surface area (Å²) in [6.45, 7) is 1.24. The first-order valence-electron chi connectivity index (χ1n) is 9.32. The van der Waals surface area contributed by atoms with E-state index in [4.69, 9.17) is 27.9 Å². The molecule has 2 aromatic carbocycles. The van der Waals surface area contributed by atoms with E-state index in [0.717, 1.165) is 10.6 Å². The van der Waals surface area contributed by atoms with E-state index in [-0.39, 0.29) is 13.0 Å². The van der Waals surface area contributed by atoms with Crippen molar-refractivity contribution in [2.75, 3.05) is 18.5 Å². The number of hydrogen-bond donors (Lipinski definition) is 2. The van der Waals surface area contributed by atoms with Crippen molar-refractivity contribution < 1.29 is 23.9 Å². The summed E-state index contributed by atoms with van der Waals surface area (Å²) in [4.78, 5) is 48.7. The lowest BCUT2D eigenvalue weighted by Gasteiger charge is -2.17. The van der Waals surface area contributed by atoms with E-state index in [2.05, 4.69) is 10.7 Å². The van der Waals surface area contributed by atoms with Crippen LogP contribution in [0.25, 0.3) is 0 Å². The molecule has 10 heteroatoms. The number of esters is 1. The number of anilines is 1. The number of nitrogens with one attached hydrogen (secondary N) is 2. The second kappa shape index (κ2) is 9.80. The number of halogens is 2. The van der Waals surface area contributed by atoms with Crippen LogP contribution in [0.2, 0.25) is 10.0 Å². The van der Waals surface area contributed by atoms with Crippen molar-refractivity contribution in [1.82, 2.24) is 10.4 Å². The SMILES string of the molecule is Cc1ccc(Cl)cc1NC(=O)COC(=O)[C@@H]1CC(=O)N(NC(=O)c2ccc(Cl)cc2)C1. The first-order valence-corrected chi connectivity index (χ1v) is 10.1. The molecule has 2 aromatic rings. The molecule has 0 aromatic heterocycles. The quantitative estimate of drug-likeness (QED) is 0.640. The zero-order chi connectivity index (χ0) is 22.5. The average molecular weight is 464 g/mol. The molecule has 1 atom stereocenters. The number of carbonyl (C=O) groups is 4. The van der Waals surface area contributed by atoms with E-state index in [0.29, 0.717) is 21.3 Å². The number of aryl methyl sites for hydroxylation is 1. The highest BCUT2D eigenvalue weighted by Crippen LogP contribution is 2.21. The van der Waals surface area contributed by atoms with Gasteiger partial charge in [0.15, 0.2) is 6.61 Å². The van der Waals surface area contributed by atoms with Gasteiger partial charge < -0.3 is 10.1 Å². The van der Waals surface area contributed by atoms with Crippen molar-refractivity contribution in [2.24, 2.45) is 5.92 Å². The van der Waals surface area contributed by atoms with Gasteiger partial charge in [-0.15, -0.1) is 0 Å². The van der Waals surface area contributed by atoms with Gasteiger partial charge in [0.05, 0.1) is 12.5 Å². The maximum atomic E-state index is 12.3. The smallest absolute Gasteiger partial charge is 0.311 e. The van der Waals surface area contributed by atoms with Gasteiger partial charge in [0.25, 0.3) is 11.8 Å². The molecule has 1 saturated heterocycles. The first-order chi connectivity index (χ1) is 14.7. The number of hydrazine groups is 1. The summed E-state index contributed by atoms with van der Waals surface area (Å²) in [5.41, 5.74) is 4.09. The van der Waals surface area contributed by atoms with Crippen LogP contribution in [-0.4, -0.2) is 41.9 Å². The van der Waals surface area contributed by atoms with Crippen LogP contribution in [0.1, 0.15) is 22.3 Å². The average Bonchev–Trinajstić information content (AvgIpc) is 3.09. The molecule has 0 radical (unpaired) electrons. The second-order valence-corrected chi connectivity index (χ2v) is 7.84. The Balaban J connectivity index is 1.49. The van der Waals surface area contributed by atoms with Crippen LogP contribution >= 0.6 is 23.2 Å². The summed E-state index contributed by atoms with van der Waals surface area (Å²) in [6.07, 6.45) is -0.130. The maximum Gasteiger partial charge on any atom is 0.311 e. The van der Waals surface area contributed by atoms with Gasteiger partial charge in [-0.05, 0) is 48.9 Å². The van der Waals surface area contributed by atoms with E-state index in [9.17, 15) is 19.2 Å². The van der Waals surface area contributed by atoms with E-state index < -0.39 is 36.2 Å². The van der Waals surface area contributed by atoms with Gasteiger partial charge in [0, 0.05) is 27.7 Å². The Morgan fingerprint density at radius 3 is 2.48 bits per heavy atom. The van der Waals surface area contributed by atoms with Crippen LogP contribution in [0, 0.1) is 12.8 Å². The second-order valence-electron chi connectivity index (χ2n) is 6.97. The molecule has 1 aliphatic rings. The number of ether oxygens (including phenoxy) is 1. The fraction of sp³-hybridized carbons (Fsp3) is 0.238. The van der Waals surface area contributed by atoms with Gasteiger partial charge in [-0.25, -0.2) is 0 Å². The molecule has 3 amide bonds. The van der Waals surface area contributed by atoms with Crippen LogP contribution in [0.5, 0.6) is 0 Å². The number of amides is 3. The Kier molecular flexibility index (Phi) is 7.14. The lowest BCUT2D eigenvalue weighted by atomic mass is 10.1. The first kappa shape index (κ1) is 22.6. The van der Waals surface area contributed by atoms with Gasteiger partial charge in [-0.3, -0.25) is 29.6 Å². The Bertz CT molecular complexity index is 1030. The molecule has 0 spiro atoms. The molecule has 0 saturated carbocycles. The minimum Gasteiger partial charge on any atom is -0.455 e. The highest BCUT2D eigenvalue weighted by Gasteiger charge is 2.36. The third-order valence-corrected chi connectivity index (χ3v) is 5.11. The number of nitrogens with zero attached hydrogens (tertiary/aromatic N) is 1. The molecule has 162 valence electrons. The van der Waals surface area contributed by atoms with E-state index >= 15 is 0 Å². The highest BCUT2D eigenvalue weighted by molar-refractivity contribution is 6.31. The molecule has 0 unspecified atom stereocenters. The summed E-state index contributed by atoms with van der Waals surface area (Å²) in [7, 11) is 0. The Labute approximate surface area is 188 Å². The lowest BCUT2D eigenvalue weighted by molar-refractivity contribution is -0.151. The fourth-order valence-corrected chi connectivity index (χ4v) is 3.23. The Morgan fingerprint density at radius 2 is 1.77 bits per heavy atom. The summed E-state index contributed by atoms with van der Waals surface area (Å²) < 4.78 is 5.04. The topological polar surface area (TPSA) is 105 Å². The zero-order valence-electron chi connectivity index (χ0n) is 16.5. The molecule has 1 aliphatic heterocycles. The van der Waals surface area contributed by atoms with Gasteiger partial charge in [0.2, 0.25) is 5.91 Å². The third kappa shape index (κ3) is 5.96. The number of rotatable bonds is 6. The normalized spacial score (nSPS) is 15.5. The number of benzene rings is 2. The van der Waals surface area contributed by atoms with Crippen LogP contribution in [0.15, 0.2) is 42.5 Å². The summed E-state index contributed by atoms with van der Waals surface area (Å²) in [6, 6.07) is 11.2. The van der Waals surface area contributed by atoms with Gasteiger partial charge >= 0.3 is 5.97 Å². The molecule has 3 rings (SSSR count). The molecule has 31 heavy (non-hydrogen) atoms. The number of carbonyl (C=O) groups excluding carboxylic acids is 4. The van der Waals surface area contributed by atoms with E-state index in [1.807, 2.05) is 0 Å². The minimum absolute atomic E-state index is 0.0496. The molecular weight excluding hydrogens is 445 g/mol. The molecule has 2 N–H and O–H groups in total. The Morgan fingerprint density at radius 1 is 1.10 bits per heavy atom. The van der Waals surface area contributed by atoms with Crippen LogP contribution in [0.3, 0.4) is 0 Å². The van der Waals surface area contributed by atoms with Gasteiger partial charge in [0.1, 0.15) is 0 Å². The maximum absolute atomic E-state index is 12.3. The molecule has 1 fully saturated rings. The van der Waals surface area contributed by atoms with Crippen molar-refractivity contribution in [3.63, 3.8) is 0 Å². The largest absolute Gasteiger partial charge is 0.455 e. The predicted molar refractivity (Wildman–Crippen MR) is 115 cm³/mol. The van der Waals surface area contributed by atoms with Crippen molar-refractivity contribution in [3.05, 3.63) is 63.6 Å². The van der Waals surface area contributed by atoms with Crippen molar-refractivity contribution >= 4 is 52.6 Å². The van der Waals surface area contributed by atoms with Crippen molar-refractivity contribution in [1.29, 1.82) is 0 Å². The van der Waals surface area contributed by atoms with Crippen LogP contribution < -0.4 is 10.7 Å². The molecule has 0 aliphatic carbocycles. The zero-order valence-corrected chi connectivity index (χ0v) is 18.0. The number of hydrogen-bond acceptors (Lipinski definition) is 5. The van der Waals surface area contributed by atoms with E-state index in [1.165, 1.54) is 12.1 Å². The monoisotopic (exact) mass is 463 g/mol. The standard InChI is InChI=1S/C21H19Cl2N3O5/c1-12-2-5-16(23)9-17(12)24-18(27)11-31-21(30)14-8-19(28)26(10-14)25-20(29)13-3-6-15(22)7-4-13/h2-7,9,14H,8,10-11H2,1H3,(H,24,27)(H,25,29)/t14-/m1/s1. The molecule has 0 bridgehead atoms. The molecule has 1 heterocycles.